The first-order chi connectivity index (χ1) is 10.2. The van der Waals surface area contributed by atoms with Crippen LogP contribution in [0.15, 0.2) is 18.2 Å². The quantitative estimate of drug-likeness (QED) is 0.881. The molecule has 0 aliphatic heterocycles. The van der Waals surface area contributed by atoms with Crippen molar-refractivity contribution in [2.75, 3.05) is 19.4 Å². The number of fused-ring (bicyclic) bond motifs is 1. The van der Waals surface area contributed by atoms with Crippen LogP contribution in [0.1, 0.15) is 22.6 Å². The molecule has 3 rings (SSSR count). The number of anilines is 1. The predicted molar refractivity (Wildman–Crippen MR) is 84.8 cm³/mol. The van der Waals surface area contributed by atoms with E-state index in [4.69, 9.17) is 10.5 Å². The third-order valence-electron chi connectivity index (χ3n) is 3.90. The minimum Gasteiger partial charge on any atom is -0.497 e. The summed E-state index contributed by atoms with van der Waals surface area (Å²) in [6, 6.07) is 6.92. The van der Waals surface area contributed by atoms with Gasteiger partial charge in [0.15, 0.2) is 0 Å². The van der Waals surface area contributed by atoms with Crippen molar-refractivity contribution in [1.29, 1.82) is 0 Å². The Morgan fingerprint density at radius 2 is 2.29 bits per heavy atom. The molecule has 1 aromatic carbocycles. The van der Waals surface area contributed by atoms with Gasteiger partial charge in [0.2, 0.25) is 5.13 Å². The van der Waals surface area contributed by atoms with E-state index in [9.17, 15) is 0 Å². The number of nitrogen functional groups attached to an aromatic ring is 1. The van der Waals surface area contributed by atoms with Gasteiger partial charge in [0.1, 0.15) is 10.8 Å². The lowest BCUT2D eigenvalue weighted by molar-refractivity contribution is 0.411. The smallest absolute Gasteiger partial charge is 0.203 e. The van der Waals surface area contributed by atoms with E-state index in [0.29, 0.717) is 11.2 Å². The fourth-order valence-corrected chi connectivity index (χ4v) is 3.39. The zero-order chi connectivity index (χ0) is 14.7. The number of aryl methyl sites for hydroxylation is 1. The number of hydrogen-bond donors (Lipinski definition) is 2. The Kier molecular flexibility index (Phi) is 4.36. The molecule has 2 aromatic rings. The van der Waals surface area contributed by atoms with Crippen molar-refractivity contribution in [2.45, 2.75) is 31.7 Å². The number of rotatable bonds is 5. The second-order valence-corrected chi connectivity index (χ2v) is 6.41. The highest BCUT2D eigenvalue weighted by Crippen LogP contribution is 2.25. The minimum absolute atomic E-state index is 0.523. The number of ether oxygens (including phenoxy) is 1. The van der Waals surface area contributed by atoms with Crippen LogP contribution >= 0.6 is 11.3 Å². The van der Waals surface area contributed by atoms with Crippen LogP contribution in [-0.2, 0) is 19.3 Å². The third kappa shape index (κ3) is 3.51. The number of methoxy groups -OCH3 is 1. The van der Waals surface area contributed by atoms with Crippen LogP contribution in [0.5, 0.6) is 5.75 Å². The van der Waals surface area contributed by atoms with Crippen molar-refractivity contribution in [3.8, 4) is 5.75 Å². The molecule has 0 fully saturated rings. The fourth-order valence-electron chi connectivity index (χ4n) is 2.79. The summed E-state index contributed by atoms with van der Waals surface area (Å²) in [6.45, 7) is 0.915. The van der Waals surface area contributed by atoms with Gasteiger partial charge in [0.05, 0.1) is 7.11 Å². The van der Waals surface area contributed by atoms with Crippen molar-refractivity contribution < 1.29 is 4.74 Å². The molecule has 1 aliphatic carbocycles. The molecule has 5 nitrogen and oxygen atoms in total. The molecule has 0 unspecified atom stereocenters. The molecule has 0 saturated heterocycles. The minimum atomic E-state index is 0.523. The second-order valence-electron chi connectivity index (χ2n) is 5.31. The lowest BCUT2D eigenvalue weighted by Crippen LogP contribution is -2.35. The zero-order valence-electron chi connectivity index (χ0n) is 12.1. The molecule has 1 aliphatic rings. The van der Waals surface area contributed by atoms with Crippen molar-refractivity contribution in [2.24, 2.45) is 0 Å². The first-order valence-corrected chi connectivity index (χ1v) is 8.03. The van der Waals surface area contributed by atoms with Gasteiger partial charge in [-0.2, -0.15) is 0 Å². The topological polar surface area (TPSA) is 73.1 Å². The van der Waals surface area contributed by atoms with Gasteiger partial charge < -0.3 is 15.8 Å². The number of hydrogen-bond acceptors (Lipinski definition) is 6. The summed E-state index contributed by atoms with van der Waals surface area (Å²) in [5, 5.41) is 13.0. The zero-order valence-corrected chi connectivity index (χ0v) is 12.9. The molecular formula is C15H20N4OS. The highest BCUT2D eigenvalue weighted by molar-refractivity contribution is 7.15. The summed E-state index contributed by atoms with van der Waals surface area (Å²) in [6.07, 6.45) is 4.25. The van der Waals surface area contributed by atoms with Gasteiger partial charge in [0.25, 0.3) is 0 Å². The second kappa shape index (κ2) is 6.41. The van der Waals surface area contributed by atoms with E-state index in [1.54, 1.807) is 7.11 Å². The van der Waals surface area contributed by atoms with Gasteiger partial charge in [0, 0.05) is 19.0 Å². The molecule has 0 spiro atoms. The summed E-state index contributed by atoms with van der Waals surface area (Å²) in [7, 11) is 1.72. The average molecular weight is 304 g/mol. The number of benzene rings is 1. The van der Waals surface area contributed by atoms with Gasteiger partial charge in [-0.15, -0.1) is 10.2 Å². The maximum atomic E-state index is 5.59. The summed E-state index contributed by atoms with van der Waals surface area (Å²) in [5.74, 6) is 0.943. The summed E-state index contributed by atoms with van der Waals surface area (Å²) in [4.78, 5) is 0. The third-order valence-corrected chi connectivity index (χ3v) is 4.71. The van der Waals surface area contributed by atoms with Crippen LogP contribution in [0.4, 0.5) is 5.13 Å². The number of nitrogens with zero attached hydrogens (tertiary/aromatic N) is 2. The highest BCUT2D eigenvalue weighted by atomic mass is 32.1. The Hall–Kier alpha value is -1.66. The monoisotopic (exact) mass is 304 g/mol. The van der Waals surface area contributed by atoms with Gasteiger partial charge in [-0.25, -0.2) is 0 Å². The Balaban J connectivity index is 1.53. The van der Waals surface area contributed by atoms with Gasteiger partial charge in [-0.1, -0.05) is 17.4 Å². The molecule has 3 N–H and O–H groups in total. The molecule has 1 heterocycles. The molecule has 112 valence electrons. The first kappa shape index (κ1) is 14.3. The Morgan fingerprint density at radius 3 is 3.05 bits per heavy atom. The highest BCUT2D eigenvalue weighted by Gasteiger charge is 2.18. The summed E-state index contributed by atoms with van der Waals surface area (Å²) >= 11 is 1.47. The summed E-state index contributed by atoms with van der Waals surface area (Å²) in [5.41, 5.74) is 8.44. The lowest BCUT2D eigenvalue weighted by atomic mass is 9.88. The molecule has 1 atom stereocenters. The van der Waals surface area contributed by atoms with E-state index in [-0.39, 0.29) is 0 Å². The molecule has 0 amide bonds. The fraction of sp³-hybridized carbons (Fsp3) is 0.467. The SMILES string of the molecule is COc1ccc2c(c1)C[C@@H](NCCc1nnc(N)s1)CC2. The molecule has 21 heavy (non-hydrogen) atoms. The van der Waals surface area contributed by atoms with E-state index in [2.05, 4.69) is 27.6 Å². The number of nitrogens with two attached hydrogens (primary N) is 1. The molecule has 0 saturated carbocycles. The van der Waals surface area contributed by atoms with Gasteiger partial charge >= 0.3 is 0 Å². The van der Waals surface area contributed by atoms with Crippen LogP contribution in [0.2, 0.25) is 0 Å². The van der Waals surface area contributed by atoms with Crippen molar-refractivity contribution in [3.05, 3.63) is 34.3 Å². The molecule has 1 aromatic heterocycles. The predicted octanol–water partition coefficient (Wildman–Crippen LogP) is 1.82. The largest absolute Gasteiger partial charge is 0.497 e. The molecule has 6 heteroatoms. The van der Waals surface area contributed by atoms with Crippen LogP contribution in [0.3, 0.4) is 0 Å². The van der Waals surface area contributed by atoms with E-state index in [1.807, 2.05) is 6.07 Å². The van der Waals surface area contributed by atoms with Gasteiger partial charge in [-0.05, 0) is 42.5 Å². The van der Waals surface area contributed by atoms with Crippen LogP contribution in [0.25, 0.3) is 0 Å². The number of aromatic nitrogens is 2. The van der Waals surface area contributed by atoms with E-state index in [0.717, 1.165) is 36.6 Å². The molecule has 0 bridgehead atoms. The van der Waals surface area contributed by atoms with Crippen LogP contribution in [-0.4, -0.2) is 29.9 Å². The summed E-state index contributed by atoms with van der Waals surface area (Å²) < 4.78 is 5.31. The van der Waals surface area contributed by atoms with Gasteiger partial charge in [-0.3, -0.25) is 0 Å². The maximum Gasteiger partial charge on any atom is 0.203 e. The Bertz CT molecular complexity index is 613. The lowest BCUT2D eigenvalue weighted by Gasteiger charge is -2.26. The maximum absolute atomic E-state index is 5.59. The number of nitrogens with one attached hydrogen (secondary N) is 1. The Morgan fingerprint density at radius 1 is 1.38 bits per heavy atom. The molecular weight excluding hydrogens is 284 g/mol. The van der Waals surface area contributed by atoms with Crippen molar-refractivity contribution in [1.82, 2.24) is 15.5 Å². The van der Waals surface area contributed by atoms with Crippen LogP contribution in [0, 0.1) is 0 Å². The Labute approximate surface area is 128 Å². The first-order valence-electron chi connectivity index (χ1n) is 7.21. The normalized spacial score (nSPS) is 17.5. The average Bonchev–Trinajstić information content (AvgIpc) is 2.92. The van der Waals surface area contributed by atoms with E-state index < -0.39 is 0 Å². The van der Waals surface area contributed by atoms with Crippen molar-refractivity contribution >= 4 is 16.5 Å². The van der Waals surface area contributed by atoms with Crippen LogP contribution < -0.4 is 15.8 Å². The van der Waals surface area contributed by atoms with E-state index >= 15 is 0 Å². The standard InChI is InChI=1S/C15H20N4OS/c1-20-13-5-3-10-2-4-12(8-11(10)9-13)17-7-6-14-18-19-15(16)21-14/h3,5,9,12,17H,2,4,6-8H2,1H3,(H2,16,19)/t12-/m0/s1. The van der Waals surface area contributed by atoms with E-state index in [1.165, 1.54) is 28.9 Å². The van der Waals surface area contributed by atoms with Crippen molar-refractivity contribution in [3.63, 3.8) is 0 Å². The molecule has 0 radical (unpaired) electrons.